The molecule has 3 nitrogen and oxygen atoms in total. The summed E-state index contributed by atoms with van der Waals surface area (Å²) in [7, 11) is 0. The minimum Gasteiger partial charge on any atom is -0.325 e. The molecule has 0 bridgehead atoms. The zero-order chi connectivity index (χ0) is 12.3. The van der Waals surface area contributed by atoms with Gasteiger partial charge >= 0.3 is 6.03 Å². The van der Waals surface area contributed by atoms with Gasteiger partial charge in [0.05, 0.1) is 0 Å². The molecule has 2 atom stereocenters. The lowest BCUT2D eigenvalue weighted by Crippen LogP contribution is -2.54. The number of hydrogen-bond acceptors (Lipinski definition) is 1. The van der Waals surface area contributed by atoms with Crippen LogP contribution in [0.2, 0.25) is 0 Å². The van der Waals surface area contributed by atoms with E-state index in [2.05, 4.69) is 18.7 Å². The molecule has 1 saturated heterocycles. The highest BCUT2D eigenvalue weighted by Crippen LogP contribution is 2.35. The fraction of sp³-hybridized carbons (Fsp3) is 0.929. The highest BCUT2D eigenvalue weighted by molar-refractivity contribution is 5.75. The lowest BCUT2D eigenvalue weighted by atomic mass is 9.78. The predicted molar refractivity (Wildman–Crippen MR) is 70.0 cm³/mol. The minimum atomic E-state index is 0.284. The topological polar surface area (TPSA) is 23.6 Å². The van der Waals surface area contributed by atoms with Crippen LogP contribution in [0.25, 0.3) is 0 Å². The molecule has 0 aromatic heterocycles. The number of carbonyl (C=O) groups excluding carboxylic acids is 1. The van der Waals surface area contributed by atoms with Crippen LogP contribution in [0.15, 0.2) is 0 Å². The molecular formula is C14H26N2O. The van der Waals surface area contributed by atoms with Crippen molar-refractivity contribution in [3.05, 3.63) is 0 Å². The number of carbonyl (C=O) groups is 1. The van der Waals surface area contributed by atoms with Crippen LogP contribution in [0.5, 0.6) is 0 Å². The first-order valence-corrected chi connectivity index (χ1v) is 7.33. The van der Waals surface area contributed by atoms with Gasteiger partial charge in [-0.15, -0.1) is 0 Å². The van der Waals surface area contributed by atoms with Gasteiger partial charge in [-0.05, 0) is 45.4 Å². The molecule has 0 spiro atoms. The van der Waals surface area contributed by atoms with E-state index in [-0.39, 0.29) is 6.03 Å². The van der Waals surface area contributed by atoms with Gasteiger partial charge in [-0.3, -0.25) is 0 Å². The van der Waals surface area contributed by atoms with E-state index in [1.54, 1.807) is 0 Å². The van der Waals surface area contributed by atoms with E-state index in [1.165, 1.54) is 38.5 Å². The third-order valence-corrected chi connectivity index (χ3v) is 4.52. The molecular weight excluding hydrogens is 212 g/mol. The Kier molecular flexibility index (Phi) is 4.30. The second kappa shape index (κ2) is 5.74. The number of urea groups is 1. The number of nitrogens with zero attached hydrogens (tertiary/aromatic N) is 2. The van der Waals surface area contributed by atoms with Crippen molar-refractivity contribution in [2.75, 3.05) is 19.6 Å². The Labute approximate surface area is 105 Å². The molecule has 17 heavy (non-hydrogen) atoms. The van der Waals surface area contributed by atoms with Gasteiger partial charge in [0.2, 0.25) is 0 Å². The summed E-state index contributed by atoms with van der Waals surface area (Å²) in [6, 6.07) is 0.831. The van der Waals surface area contributed by atoms with Crippen LogP contribution in [-0.2, 0) is 0 Å². The molecule has 0 aromatic carbocycles. The number of piperidine rings is 1. The standard InChI is InChI=1S/C14H26N2O/c1-3-15(4-2)14(17)16-11-7-9-12-8-5-6-10-13(12)16/h12-13H,3-11H2,1-2H3. The second-order valence-electron chi connectivity index (χ2n) is 5.40. The smallest absolute Gasteiger partial charge is 0.320 e. The molecule has 2 aliphatic rings. The van der Waals surface area contributed by atoms with Crippen molar-refractivity contribution < 1.29 is 4.79 Å². The van der Waals surface area contributed by atoms with Gasteiger partial charge in [-0.2, -0.15) is 0 Å². The van der Waals surface area contributed by atoms with E-state index in [9.17, 15) is 4.79 Å². The van der Waals surface area contributed by atoms with Crippen LogP contribution in [0.1, 0.15) is 52.4 Å². The molecule has 1 heterocycles. The normalized spacial score (nSPS) is 28.7. The fourth-order valence-electron chi connectivity index (χ4n) is 3.54. The maximum Gasteiger partial charge on any atom is 0.320 e. The van der Waals surface area contributed by atoms with Crippen molar-refractivity contribution in [3.63, 3.8) is 0 Å². The van der Waals surface area contributed by atoms with Crippen molar-refractivity contribution in [1.29, 1.82) is 0 Å². The Morgan fingerprint density at radius 1 is 1.12 bits per heavy atom. The Bertz CT molecular complexity index is 261. The van der Waals surface area contributed by atoms with Crippen molar-refractivity contribution in [2.45, 2.75) is 58.4 Å². The summed E-state index contributed by atoms with van der Waals surface area (Å²) >= 11 is 0. The van der Waals surface area contributed by atoms with E-state index in [0.717, 1.165) is 25.6 Å². The second-order valence-corrected chi connectivity index (χ2v) is 5.40. The molecule has 1 aliphatic carbocycles. The lowest BCUT2D eigenvalue weighted by Gasteiger charge is -2.45. The fourth-order valence-corrected chi connectivity index (χ4v) is 3.54. The first-order chi connectivity index (χ1) is 8.27. The Hall–Kier alpha value is -0.730. The monoisotopic (exact) mass is 238 g/mol. The van der Waals surface area contributed by atoms with E-state index in [4.69, 9.17) is 0 Å². The summed E-state index contributed by atoms with van der Waals surface area (Å²) in [6.07, 6.45) is 7.79. The van der Waals surface area contributed by atoms with Gasteiger partial charge < -0.3 is 9.80 Å². The third-order valence-electron chi connectivity index (χ3n) is 4.52. The van der Waals surface area contributed by atoms with Crippen molar-refractivity contribution in [2.24, 2.45) is 5.92 Å². The van der Waals surface area contributed by atoms with Gasteiger partial charge in [-0.1, -0.05) is 12.8 Å². The Morgan fingerprint density at radius 3 is 2.47 bits per heavy atom. The molecule has 2 unspecified atom stereocenters. The first-order valence-electron chi connectivity index (χ1n) is 7.33. The molecule has 98 valence electrons. The number of hydrogen-bond donors (Lipinski definition) is 0. The number of likely N-dealkylation sites (tertiary alicyclic amines) is 1. The summed E-state index contributed by atoms with van der Waals surface area (Å²) in [5.41, 5.74) is 0. The Morgan fingerprint density at radius 2 is 1.76 bits per heavy atom. The van der Waals surface area contributed by atoms with E-state index < -0.39 is 0 Å². The summed E-state index contributed by atoms with van der Waals surface area (Å²) in [5.74, 6) is 0.789. The van der Waals surface area contributed by atoms with Gasteiger partial charge in [0.25, 0.3) is 0 Å². The highest BCUT2D eigenvalue weighted by atomic mass is 16.2. The summed E-state index contributed by atoms with van der Waals surface area (Å²) in [4.78, 5) is 16.6. The number of rotatable bonds is 2. The van der Waals surface area contributed by atoms with Crippen LogP contribution < -0.4 is 0 Å². The molecule has 1 saturated carbocycles. The van der Waals surface area contributed by atoms with Crippen molar-refractivity contribution >= 4 is 6.03 Å². The molecule has 3 heteroatoms. The highest BCUT2D eigenvalue weighted by Gasteiger charge is 2.36. The van der Waals surface area contributed by atoms with E-state index in [0.29, 0.717) is 6.04 Å². The van der Waals surface area contributed by atoms with Crippen LogP contribution in [0.3, 0.4) is 0 Å². The Balaban J connectivity index is 2.05. The molecule has 2 rings (SSSR count). The molecule has 2 fully saturated rings. The van der Waals surface area contributed by atoms with Crippen LogP contribution in [0.4, 0.5) is 4.79 Å². The SMILES string of the molecule is CCN(CC)C(=O)N1CCCC2CCCCC21. The summed E-state index contributed by atoms with van der Waals surface area (Å²) < 4.78 is 0. The summed E-state index contributed by atoms with van der Waals surface area (Å²) in [6.45, 7) is 6.80. The molecule has 0 radical (unpaired) electrons. The average Bonchev–Trinajstić information content (AvgIpc) is 2.39. The van der Waals surface area contributed by atoms with Crippen LogP contribution in [-0.4, -0.2) is 41.5 Å². The molecule has 0 aromatic rings. The first kappa shape index (κ1) is 12.7. The number of fused-ring (bicyclic) bond motifs is 1. The molecule has 2 amide bonds. The maximum atomic E-state index is 12.5. The van der Waals surface area contributed by atoms with E-state index >= 15 is 0 Å². The predicted octanol–water partition coefficient (Wildman–Crippen LogP) is 3.10. The molecule has 0 N–H and O–H groups in total. The van der Waals surface area contributed by atoms with Gasteiger partial charge in [-0.25, -0.2) is 4.79 Å². The van der Waals surface area contributed by atoms with E-state index in [1.807, 2.05) is 4.90 Å². The number of amides is 2. The zero-order valence-electron chi connectivity index (χ0n) is 11.3. The third kappa shape index (κ3) is 2.58. The van der Waals surface area contributed by atoms with Crippen molar-refractivity contribution in [3.8, 4) is 0 Å². The maximum absolute atomic E-state index is 12.5. The van der Waals surface area contributed by atoms with Gasteiger partial charge in [0.15, 0.2) is 0 Å². The largest absolute Gasteiger partial charge is 0.325 e. The van der Waals surface area contributed by atoms with Crippen LogP contribution >= 0.6 is 0 Å². The summed E-state index contributed by atoms with van der Waals surface area (Å²) in [5, 5.41) is 0. The minimum absolute atomic E-state index is 0.284. The lowest BCUT2D eigenvalue weighted by molar-refractivity contribution is 0.0661. The van der Waals surface area contributed by atoms with Gasteiger partial charge in [0.1, 0.15) is 0 Å². The van der Waals surface area contributed by atoms with Crippen LogP contribution in [0, 0.1) is 5.92 Å². The quantitative estimate of drug-likeness (QED) is 0.725. The average molecular weight is 238 g/mol. The zero-order valence-corrected chi connectivity index (χ0v) is 11.3. The van der Waals surface area contributed by atoms with Gasteiger partial charge in [0, 0.05) is 25.7 Å². The van der Waals surface area contributed by atoms with Crippen molar-refractivity contribution in [1.82, 2.24) is 9.80 Å². The molecule has 1 aliphatic heterocycles.